The Morgan fingerprint density at radius 3 is 2.39 bits per heavy atom. The van der Waals surface area contributed by atoms with E-state index in [1.165, 1.54) is 4.88 Å². The lowest BCUT2D eigenvalue weighted by Crippen LogP contribution is -2.37. The number of benzene rings is 2. The van der Waals surface area contributed by atoms with Crippen LogP contribution in [0, 0.1) is 0 Å². The molecule has 0 aliphatic carbocycles. The Labute approximate surface area is 220 Å². The van der Waals surface area contributed by atoms with Gasteiger partial charge in [0.2, 0.25) is 5.88 Å². The number of nitrogens with one attached hydrogen (secondary N) is 1. The van der Waals surface area contributed by atoms with Crippen molar-refractivity contribution in [2.24, 2.45) is 0 Å². The van der Waals surface area contributed by atoms with E-state index in [4.69, 9.17) is 16.3 Å². The lowest BCUT2D eigenvalue weighted by Gasteiger charge is -2.31. The van der Waals surface area contributed by atoms with E-state index in [1.807, 2.05) is 60.7 Å². The third kappa shape index (κ3) is 6.52. The van der Waals surface area contributed by atoms with Crippen molar-refractivity contribution in [3.05, 3.63) is 105 Å². The van der Waals surface area contributed by atoms with Crippen LogP contribution in [-0.4, -0.2) is 35.0 Å². The molecule has 184 valence electrons. The molecule has 5 nitrogen and oxygen atoms in total. The number of likely N-dealkylation sites (tertiary alicyclic amines) is 1. The number of amides is 1. The minimum atomic E-state index is -0.105. The first-order valence-corrected chi connectivity index (χ1v) is 13.3. The standard InChI is InChI=1S/C29H28ClN3O2S/c30-27-12-11-26(36-27)20-33-16-14-25(15-17-33)35-28-13-6-21(18-31-28)19-32-29(34)24-9-7-23(8-10-24)22-4-2-1-3-5-22/h1-13,18,25H,14-17,19-20H2,(H,32,34). The molecular formula is C29H28ClN3O2S. The second kappa shape index (κ2) is 11.7. The number of nitrogens with zero attached hydrogens (tertiary/aromatic N) is 2. The fourth-order valence-corrected chi connectivity index (χ4v) is 5.46. The molecule has 1 fully saturated rings. The van der Waals surface area contributed by atoms with Crippen molar-refractivity contribution in [3.8, 4) is 17.0 Å². The summed E-state index contributed by atoms with van der Waals surface area (Å²) in [4.78, 5) is 20.8. The number of aromatic nitrogens is 1. The van der Waals surface area contributed by atoms with E-state index in [0.29, 0.717) is 18.0 Å². The van der Waals surface area contributed by atoms with Crippen molar-refractivity contribution >= 4 is 28.8 Å². The maximum atomic E-state index is 12.6. The van der Waals surface area contributed by atoms with Crippen LogP contribution in [0.2, 0.25) is 4.34 Å². The van der Waals surface area contributed by atoms with Crippen LogP contribution in [0.3, 0.4) is 0 Å². The summed E-state index contributed by atoms with van der Waals surface area (Å²) in [6, 6.07) is 25.7. The molecule has 2 aromatic heterocycles. The lowest BCUT2D eigenvalue weighted by molar-refractivity contribution is 0.0937. The Balaban J connectivity index is 1.06. The van der Waals surface area contributed by atoms with Crippen LogP contribution < -0.4 is 10.1 Å². The van der Waals surface area contributed by atoms with E-state index in [-0.39, 0.29) is 12.0 Å². The van der Waals surface area contributed by atoms with Gasteiger partial charge in [-0.3, -0.25) is 9.69 Å². The first-order chi connectivity index (χ1) is 17.6. The van der Waals surface area contributed by atoms with Gasteiger partial charge in [0.15, 0.2) is 0 Å². The topological polar surface area (TPSA) is 54.5 Å². The minimum absolute atomic E-state index is 0.105. The molecule has 5 rings (SSSR count). The highest BCUT2D eigenvalue weighted by Crippen LogP contribution is 2.25. The minimum Gasteiger partial charge on any atom is -0.474 e. The Hall–Kier alpha value is -3.19. The molecule has 0 bridgehead atoms. The predicted octanol–water partition coefficient (Wildman–Crippen LogP) is 6.44. The van der Waals surface area contributed by atoms with Gasteiger partial charge in [-0.2, -0.15) is 0 Å². The van der Waals surface area contributed by atoms with Crippen LogP contribution >= 0.6 is 22.9 Å². The highest BCUT2D eigenvalue weighted by atomic mass is 35.5. The van der Waals surface area contributed by atoms with Crippen LogP contribution in [0.1, 0.15) is 33.6 Å². The Morgan fingerprint density at radius 2 is 1.72 bits per heavy atom. The zero-order chi connectivity index (χ0) is 24.7. The molecule has 1 aliphatic heterocycles. The summed E-state index contributed by atoms with van der Waals surface area (Å²) in [6.07, 6.45) is 3.89. The smallest absolute Gasteiger partial charge is 0.251 e. The van der Waals surface area contributed by atoms with Crippen LogP contribution in [0.25, 0.3) is 11.1 Å². The van der Waals surface area contributed by atoms with Gasteiger partial charge in [0.25, 0.3) is 5.91 Å². The molecule has 1 aliphatic rings. The van der Waals surface area contributed by atoms with Crippen molar-refractivity contribution < 1.29 is 9.53 Å². The van der Waals surface area contributed by atoms with Gasteiger partial charge >= 0.3 is 0 Å². The van der Waals surface area contributed by atoms with Crippen LogP contribution in [0.15, 0.2) is 85.1 Å². The summed E-state index contributed by atoms with van der Waals surface area (Å²) in [5, 5.41) is 2.97. The van der Waals surface area contributed by atoms with Gasteiger partial charge in [0.05, 0.1) is 4.34 Å². The van der Waals surface area contributed by atoms with Crippen molar-refractivity contribution in [1.82, 2.24) is 15.2 Å². The molecule has 3 heterocycles. The number of thiophene rings is 1. The van der Waals surface area contributed by atoms with Gasteiger partial charge in [0, 0.05) is 48.9 Å². The number of hydrogen-bond acceptors (Lipinski definition) is 5. The number of piperidine rings is 1. The number of halogens is 1. The molecule has 0 radical (unpaired) electrons. The van der Waals surface area contributed by atoms with Gasteiger partial charge in [0.1, 0.15) is 6.10 Å². The SMILES string of the molecule is O=C(NCc1ccc(OC2CCN(Cc3ccc(Cl)s3)CC2)nc1)c1ccc(-c2ccccc2)cc1. The first-order valence-electron chi connectivity index (χ1n) is 12.1. The van der Waals surface area contributed by atoms with E-state index in [2.05, 4.69) is 33.4 Å². The molecule has 0 spiro atoms. The third-order valence-electron chi connectivity index (χ3n) is 6.34. The van der Waals surface area contributed by atoms with Crippen LogP contribution in [0.5, 0.6) is 5.88 Å². The number of hydrogen-bond donors (Lipinski definition) is 1. The third-order valence-corrected chi connectivity index (χ3v) is 7.55. The highest BCUT2D eigenvalue weighted by Gasteiger charge is 2.21. The molecule has 0 atom stereocenters. The second-order valence-electron chi connectivity index (χ2n) is 8.93. The molecule has 1 N–H and O–H groups in total. The number of carbonyl (C=O) groups excluding carboxylic acids is 1. The summed E-state index contributed by atoms with van der Waals surface area (Å²) in [7, 11) is 0. The van der Waals surface area contributed by atoms with Crippen molar-refractivity contribution in [2.75, 3.05) is 13.1 Å². The zero-order valence-electron chi connectivity index (χ0n) is 19.9. The van der Waals surface area contributed by atoms with Crippen molar-refractivity contribution in [1.29, 1.82) is 0 Å². The van der Waals surface area contributed by atoms with Gasteiger partial charge < -0.3 is 10.1 Å². The Bertz CT molecular complexity index is 1270. The molecule has 0 saturated carbocycles. The maximum Gasteiger partial charge on any atom is 0.251 e. The van der Waals surface area contributed by atoms with Crippen LogP contribution in [-0.2, 0) is 13.1 Å². The summed E-state index contributed by atoms with van der Waals surface area (Å²) < 4.78 is 6.95. The van der Waals surface area contributed by atoms with E-state index < -0.39 is 0 Å². The molecule has 1 amide bonds. The molecule has 0 unspecified atom stereocenters. The summed E-state index contributed by atoms with van der Waals surface area (Å²) in [5.74, 6) is 0.525. The molecule has 2 aromatic carbocycles. The number of carbonyl (C=O) groups is 1. The monoisotopic (exact) mass is 517 g/mol. The summed E-state index contributed by atoms with van der Waals surface area (Å²) >= 11 is 7.69. The second-order valence-corrected chi connectivity index (χ2v) is 10.7. The molecule has 1 saturated heterocycles. The van der Waals surface area contributed by atoms with E-state index in [0.717, 1.165) is 53.5 Å². The average molecular weight is 518 g/mol. The molecule has 4 aromatic rings. The summed E-state index contributed by atoms with van der Waals surface area (Å²) in [6.45, 7) is 3.35. The first kappa shape index (κ1) is 24.5. The molecular weight excluding hydrogens is 490 g/mol. The van der Waals surface area contributed by atoms with Crippen molar-refractivity contribution in [3.63, 3.8) is 0 Å². The van der Waals surface area contributed by atoms with Gasteiger partial charge in [-0.15, -0.1) is 11.3 Å². The average Bonchev–Trinajstić information content (AvgIpc) is 3.34. The fourth-order valence-electron chi connectivity index (χ4n) is 4.33. The predicted molar refractivity (Wildman–Crippen MR) is 146 cm³/mol. The summed E-state index contributed by atoms with van der Waals surface area (Å²) in [5.41, 5.74) is 3.79. The normalized spacial score (nSPS) is 14.5. The van der Waals surface area contributed by atoms with Gasteiger partial charge in [-0.05, 0) is 53.8 Å². The fraction of sp³-hybridized carbons (Fsp3) is 0.241. The van der Waals surface area contributed by atoms with E-state index in [9.17, 15) is 4.79 Å². The van der Waals surface area contributed by atoms with E-state index in [1.54, 1.807) is 17.5 Å². The van der Waals surface area contributed by atoms with Crippen LogP contribution in [0.4, 0.5) is 0 Å². The zero-order valence-corrected chi connectivity index (χ0v) is 21.5. The number of rotatable bonds is 8. The van der Waals surface area contributed by atoms with Gasteiger partial charge in [-0.1, -0.05) is 60.1 Å². The lowest BCUT2D eigenvalue weighted by atomic mass is 10.0. The highest BCUT2D eigenvalue weighted by molar-refractivity contribution is 7.16. The number of pyridine rings is 1. The number of ether oxygens (including phenoxy) is 1. The Kier molecular flexibility index (Phi) is 7.96. The van der Waals surface area contributed by atoms with Gasteiger partial charge in [-0.25, -0.2) is 4.98 Å². The van der Waals surface area contributed by atoms with Crippen molar-refractivity contribution in [2.45, 2.75) is 32.0 Å². The quantitative estimate of drug-likeness (QED) is 0.292. The Morgan fingerprint density at radius 1 is 0.972 bits per heavy atom. The maximum absolute atomic E-state index is 12.6. The largest absolute Gasteiger partial charge is 0.474 e. The van der Waals surface area contributed by atoms with E-state index >= 15 is 0 Å². The molecule has 36 heavy (non-hydrogen) atoms. The molecule has 7 heteroatoms.